The third-order valence-corrected chi connectivity index (χ3v) is 4.17. The summed E-state index contributed by atoms with van der Waals surface area (Å²) in [4.78, 5) is 4.40. The largest absolute Gasteiger partial charge is 0.493 e. The molecule has 0 atom stereocenters. The Bertz CT molecular complexity index is 921. The monoisotopic (exact) mass is 396 g/mol. The molecule has 25 heavy (non-hydrogen) atoms. The van der Waals surface area contributed by atoms with E-state index in [1.807, 2.05) is 42.5 Å². The summed E-state index contributed by atoms with van der Waals surface area (Å²) in [5.41, 5.74) is 2.55. The van der Waals surface area contributed by atoms with Crippen LogP contribution in [0, 0.1) is 11.3 Å². The molecular formula is C20H17BrN2O2. The molecule has 0 saturated carbocycles. The lowest BCUT2D eigenvalue weighted by atomic mass is 10.1. The van der Waals surface area contributed by atoms with Crippen molar-refractivity contribution in [1.29, 1.82) is 5.26 Å². The predicted octanol–water partition coefficient (Wildman–Crippen LogP) is 5.83. The molecule has 0 radical (unpaired) electrons. The minimum absolute atomic E-state index is 0.309. The van der Waals surface area contributed by atoms with E-state index in [1.165, 1.54) is 0 Å². The maximum Gasteiger partial charge on any atom is 0.238 e. The number of oxazole rings is 1. The van der Waals surface area contributed by atoms with E-state index in [1.54, 1.807) is 6.08 Å². The number of ether oxygens (including phenoxy) is 1. The number of nitrogens with zero attached hydrogens (tertiary/aromatic N) is 2. The van der Waals surface area contributed by atoms with Gasteiger partial charge in [0.25, 0.3) is 0 Å². The lowest BCUT2D eigenvalue weighted by Gasteiger charge is -2.09. The van der Waals surface area contributed by atoms with E-state index in [0.29, 0.717) is 23.7 Å². The SMILES string of the molecule is CCCCOc1ccc(Br)cc1C=C(C#N)c1nc2ccccc2o1. The summed E-state index contributed by atoms with van der Waals surface area (Å²) in [6.45, 7) is 2.76. The number of hydrogen-bond acceptors (Lipinski definition) is 4. The summed E-state index contributed by atoms with van der Waals surface area (Å²) in [5, 5.41) is 9.57. The number of allylic oxidation sites excluding steroid dienone is 1. The summed E-state index contributed by atoms with van der Waals surface area (Å²) in [5.74, 6) is 1.05. The zero-order valence-electron chi connectivity index (χ0n) is 13.8. The lowest BCUT2D eigenvalue weighted by molar-refractivity contribution is 0.308. The van der Waals surface area contributed by atoms with E-state index in [0.717, 1.165) is 34.1 Å². The van der Waals surface area contributed by atoms with Gasteiger partial charge in [0.05, 0.1) is 6.61 Å². The highest BCUT2D eigenvalue weighted by Gasteiger charge is 2.12. The number of nitriles is 1. The van der Waals surface area contributed by atoms with Gasteiger partial charge in [-0.25, -0.2) is 4.98 Å². The molecule has 1 heterocycles. The van der Waals surface area contributed by atoms with Crippen LogP contribution in [0.5, 0.6) is 5.75 Å². The number of rotatable bonds is 6. The fourth-order valence-corrected chi connectivity index (χ4v) is 2.75. The summed E-state index contributed by atoms with van der Waals surface area (Å²) in [6, 6.07) is 15.4. The van der Waals surface area contributed by atoms with Gasteiger partial charge in [-0.05, 0) is 42.8 Å². The Kier molecular flexibility index (Phi) is 5.52. The first-order valence-corrected chi connectivity index (χ1v) is 8.90. The summed E-state index contributed by atoms with van der Waals surface area (Å²) in [7, 11) is 0. The fraction of sp³-hybridized carbons (Fsp3) is 0.200. The maximum atomic E-state index is 9.57. The van der Waals surface area contributed by atoms with Crippen molar-refractivity contribution in [3.8, 4) is 11.8 Å². The van der Waals surface area contributed by atoms with Crippen molar-refractivity contribution in [3.05, 3.63) is 58.4 Å². The highest BCUT2D eigenvalue weighted by molar-refractivity contribution is 9.10. The van der Waals surface area contributed by atoms with Gasteiger partial charge in [-0.3, -0.25) is 0 Å². The second-order valence-electron chi connectivity index (χ2n) is 5.54. The normalized spacial score (nSPS) is 11.5. The minimum Gasteiger partial charge on any atom is -0.493 e. The molecule has 5 heteroatoms. The number of para-hydroxylation sites is 2. The molecule has 0 aliphatic rings. The van der Waals surface area contributed by atoms with Crippen LogP contribution >= 0.6 is 15.9 Å². The standard InChI is InChI=1S/C20H17BrN2O2/c1-2-3-10-24-18-9-8-16(21)12-14(18)11-15(13-22)20-23-17-6-4-5-7-19(17)25-20/h4-9,11-12H,2-3,10H2,1H3. The number of halogens is 1. The van der Waals surface area contributed by atoms with Crippen LogP contribution in [-0.4, -0.2) is 11.6 Å². The third kappa shape index (κ3) is 4.09. The molecule has 0 aliphatic heterocycles. The van der Waals surface area contributed by atoms with Crippen molar-refractivity contribution in [1.82, 2.24) is 4.98 Å². The van der Waals surface area contributed by atoms with E-state index in [2.05, 4.69) is 33.9 Å². The van der Waals surface area contributed by atoms with Gasteiger partial charge >= 0.3 is 0 Å². The summed E-state index contributed by atoms with van der Waals surface area (Å²) >= 11 is 3.47. The molecule has 126 valence electrons. The molecule has 1 aromatic heterocycles. The predicted molar refractivity (Wildman–Crippen MR) is 102 cm³/mol. The number of fused-ring (bicyclic) bond motifs is 1. The van der Waals surface area contributed by atoms with Crippen LogP contribution in [0.4, 0.5) is 0 Å². The molecule has 0 N–H and O–H groups in total. The average Bonchev–Trinajstić information content (AvgIpc) is 3.05. The van der Waals surface area contributed by atoms with Gasteiger partial charge in [-0.1, -0.05) is 41.4 Å². The average molecular weight is 397 g/mol. The van der Waals surface area contributed by atoms with Crippen LogP contribution in [-0.2, 0) is 0 Å². The van der Waals surface area contributed by atoms with E-state index in [-0.39, 0.29) is 0 Å². The molecule has 0 unspecified atom stereocenters. The van der Waals surface area contributed by atoms with Crippen molar-refractivity contribution in [3.63, 3.8) is 0 Å². The molecule has 0 bridgehead atoms. The van der Waals surface area contributed by atoms with Crippen molar-refractivity contribution >= 4 is 38.7 Å². The van der Waals surface area contributed by atoms with Gasteiger partial charge < -0.3 is 9.15 Å². The lowest BCUT2D eigenvalue weighted by Crippen LogP contribution is -1.98. The second kappa shape index (κ2) is 8.00. The molecule has 3 rings (SSSR count). The van der Waals surface area contributed by atoms with Crippen LogP contribution in [0.2, 0.25) is 0 Å². The van der Waals surface area contributed by atoms with Gasteiger partial charge in [-0.15, -0.1) is 0 Å². The highest BCUT2D eigenvalue weighted by Crippen LogP contribution is 2.29. The van der Waals surface area contributed by atoms with E-state index in [4.69, 9.17) is 9.15 Å². The third-order valence-electron chi connectivity index (χ3n) is 3.67. The van der Waals surface area contributed by atoms with Gasteiger partial charge in [0, 0.05) is 10.0 Å². The van der Waals surface area contributed by atoms with E-state index >= 15 is 0 Å². The Labute approximate surface area is 154 Å². The first kappa shape index (κ1) is 17.2. The molecule has 0 spiro atoms. The van der Waals surface area contributed by atoms with Gasteiger partial charge in [-0.2, -0.15) is 5.26 Å². The Balaban J connectivity index is 1.99. The highest BCUT2D eigenvalue weighted by atomic mass is 79.9. The Morgan fingerprint density at radius 2 is 2.16 bits per heavy atom. The Morgan fingerprint density at radius 3 is 2.92 bits per heavy atom. The van der Waals surface area contributed by atoms with Crippen LogP contribution in [0.15, 0.2) is 51.4 Å². The number of aromatic nitrogens is 1. The van der Waals surface area contributed by atoms with Crippen molar-refractivity contribution in [2.75, 3.05) is 6.61 Å². The number of benzene rings is 2. The van der Waals surface area contributed by atoms with E-state index < -0.39 is 0 Å². The molecule has 0 saturated heterocycles. The van der Waals surface area contributed by atoms with Crippen LogP contribution < -0.4 is 4.74 Å². The Morgan fingerprint density at radius 1 is 1.32 bits per heavy atom. The molecule has 0 fully saturated rings. The first-order chi connectivity index (χ1) is 12.2. The molecule has 4 nitrogen and oxygen atoms in total. The summed E-state index contributed by atoms with van der Waals surface area (Å²) < 4.78 is 12.5. The smallest absolute Gasteiger partial charge is 0.238 e. The number of unbranched alkanes of at least 4 members (excludes halogenated alkanes) is 1. The van der Waals surface area contributed by atoms with Crippen LogP contribution in [0.1, 0.15) is 31.2 Å². The molecule has 2 aromatic carbocycles. The Hall–Kier alpha value is -2.58. The van der Waals surface area contributed by atoms with Crippen LogP contribution in [0.25, 0.3) is 22.7 Å². The minimum atomic E-state index is 0.309. The molecule has 0 amide bonds. The molecule has 0 aliphatic carbocycles. The van der Waals surface area contributed by atoms with E-state index in [9.17, 15) is 5.26 Å². The fourth-order valence-electron chi connectivity index (χ4n) is 2.37. The van der Waals surface area contributed by atoms with Crippen molar-refractivity contribution < 1.29 is 9.15 Å². The zero-order valence-corrected chi connectivity index (χ0v) is 15.4. The van der Waals surface area contributed by atoms with Crippen molar-refractivity contribution in [2.45, 2.75) is 19.8 Å². The van der Waals surface area contributed by atoms with Gasteiger partial charge in [0.1, 0.15) is 22.9 Å². The van der Waals surface area contributed by atoms with Crippen LogP contribution in [0.3, 0.4) is 0 Å². The van der Waals surface area contributed by atoms with Crippen molar-refractivity contribution in [2.24, 2.45) is 0 Å². The second-order valence-corrected chi connectivity index (χ2v) is 6.46. The maximum absolute atomic E-state index is 9.57. The van der Waals surface area contributed by atoms with Gasteiger partial charge in [0.2, 0.25) is 5.89 Å². The zero-order chi connectivity index (χ0) is 17.6. The number of hydrogen-bond donors (Lipinski definition) is 0. The topological polar surface area (TPSA) is 59.0 Å². The first-order valence-electron chi connectivity index (χ1n) is 8.11. The quantitative estimate of drug-likeness (QED) is 0.388. The molecular weight excluding hydrogens is 380 g/mol. The van der Waals surface area contributed by atoms with Gasteiger partial charge in [0.15, 0.2) is 5.58 Å². The molecule has 3 aromatic rings. The summed E-state index contributed by atoms with van der Waals surface area (Å²) in [6.07, 6.45) is 3.79.